The molecule has 0 spiro atoms. The molecule has 0 unspecified atom stereocenters. The van der Waals surface area contributed by atoms with Gasteiger partial charge in [-0.1, -0.05) is 39.0 Å². The van der Waals surface area contributed by atoms with Gasteiger partial charge in [-0.3, -0.25) is 4.90 Å². The summed E-state index contributed by atoms with van der Waals surface area (Å²) in [6, 6.07) is 11.5. The normalized spacial score (nSPS) is 16.8. The minimum Gasteiger partial charge on any atom is -0.294 e. The quantitative estimate of drug-likeness (QED) is 0.554. The summed E-state index contributed by atoms with van der Waals surface area (Å²) >= 11 is 3.37. The van der Waals surface area contributed by atoms with E-state index in [2.05, 4.69) is 42.5 Å². The summed E-state index contributed by atoms with van der Waals surface area (Å²) in [5.41, 5.74) is 2.18. The van der Waals surface area contributed by atoms with Crippen molar-refractivity contribution in [2.45, 2.75) is 37.6 Å². The lowest BCUT2D eigenvalue weighted by Gasteiger charge is -2.33. The monoisotopic (exact) mass is 461 g/mol. The number of nitrogens with zero attached hydrogens (tertiary/aromatic N) is 3. The Kier molecular flexibility index (Phi) is 6.14. The lowest BCUT2D eigenvalue weighted by molar-refractivity contribution is 0.181. The number of rotatable bonds is 5. The molecule has 1 fully saturated rings. The Labute approximate surface area is 187 Å². The van der Waals surface area contributed by atoms with E-state index in [9.17, 15) is 8.42 Å². The Morgan fingerprint density at radius 3 is 2.30 bits per heavy atom. The van der Waals surface area contributed by atoms with Crippen LogP contribution in [0.4, 0.5) is 0 Å². The minimum absolute atomic E-state index is 0.00705. The second-order valence-electron chi connectivity index (χ2n) is 8.56. The van der Waals surface area contributed by atoms with Crippen LogP contribution < -0.4 is 0 Å². The van der Waals surface area contributed by atoms with E-state index in [1.807, 2.05) is 18.2 Å². The van der Waals surface area contributed by atoms with Crippen molar-refractivity contribution in [2.24, 2.45) is 0 Å². The van der Waals surface area contributed by atoms with Crippen LogP contribution >= 0.6 is 22.7 Å². The SMILES string of the molecule is CC(C)(C)c1ccc(S(=O)(=O)N2CCN(Cc3nc(-c4cccs4)cs3)CC2)cc1. The van der Waals surface area contributed by atoms with Crippen LogP contribution in [0.5, 0.6) is 0 Å². The highest BCUT2D eigenvalue weighted by atomic mass is 32.2. The molecule has 1 aromatic carbocycles. The molecule has 0 amide bonds. The summed E-state index contributed by atoms with van der Waals surface area (Å²) < 4.78 is 27.7. The maximum Gasteiger partial charge on any atom is 0.243 e. The van der Waals surface area contributed by atoms with Crippen molar-refractivity contribution in [2.75, 3.05) is 26.2 Å². The summed E-state index contributed by atoms with van der Waals surface area (Å²) in [7, 11) is -3.45. The maximum absolute atomic E-state index is 13.0. The molecule has 0 saturated carbocycles. The van der Waals surface area contributed by atoms with E-state index in [-0.39, 0.29) is 5.41 Å². The molecule has 0 bridgehead atoms. The van der Waals surface area contributed by atoms with Crippen LogP contribution in [0.25, 0.3) is 10.6 Å². The molecule has 0 radical (unpaired) electrons. The molecule has 8 heteroatoms. The molecule has 0 aliphatic carbocycles. The molecule has 3 heterocycles. The van der Waals surface area contributed by atoms with E-state index < -0.39 is 10.0 Å². The van der Waals surface area contributed by atoms with Crippen molar-refractivity contribution >= 4 is 32.7 Å². The average Bonchev–Trinajstić information content (AvgIpc) is 3.40. The second-order valence-corrected chi connectivity index (χ2v) is 12.4. The molecule has 2 aromatic heterocycles. The number of piperazine rings is 1. The van der Waals surface area contributed by atoms with Crippen LogP contribution in [0.3, 0.4) is 0 Å². The van der Waals surface area contributed by atoms with Gasteiger partial charge in [-0.2, -0.15) is 4.31 Å². The first-order valence-corrected chi connectivity index (χ1v) is 13.2. The van der Waals surface area contributed by atoms with Gasteiger partial charge in [0, 0.05) is 31.6 Å². The van der Waals surface area contributed by atoms with Crippen LogP contribution in [0, 0.1) is 0 Å². The van der Waals surface area contributed by atoms with E-state index in [1.165, 1.54) is 4.88 Å². The molecule has 3 aromatic rings. The highest BCUT2D eigenvalue weighted by Gasteiger charge is 2.29. The fourth-order valence-electron chi connectivity index (χ4n) is 3.52. The summed E-state index contributed by atoms with van der Waals surface area (Å²) in [5, 5.41) is 5.24. The number of aromatic nitrogens is 1. The molecule has 4 rings (SSSR count). The summed E-state index contributed by atoms with van der Waals surface area (Å²) in [5.74, 6) is 0. The van der Waals surface area contributed by atoms with E-state index >= 15 is 0 Å². The Hall–Kier alpha value is -1.58. The van der Waals surface area contributed by atoms with E-state index in [0.717, 1.165) is 22.8 Å². The van der Waals surface area contributed by atoms with Gasteiger partial charge in [0.15, 0.2) is 0 Å². The van der Waals surface area contributed by atoms with Crippen LogP contribution in [0.2, 0.25) is 0 Å². The highest BCUT2D eigenvalue weighted by Crippen LogP contribution is 2.28. The van der Waals surface area contributed by atoms with Gasteiger partial charge in [-0.25, -0.2) is 13.4 Å². The number of thiazole rings is 1. The highest BCUT2D eigenvalue weighted by molar-refractivity contribution is 7.89. The zero-order valence-corrected chi connectivity index (χ0v) is 20.0. The molecule has 160 valence electrons. The lowest BCUT2D eigenvalue weighted by atomic mass is 9.87. The Morgan fingerprint density at radius 1 is 1.00 bits per heavy atom. The van der Waals surface area contributed by atoms with Gasteiger partial charge in [0.25, 0.3) is 0 Å². The third-order valence-electron chi connectivity index (χ3n) is 5.37. The van der Waals surface area contributed by atoms with Crippen LogP contribution in [0.15, 0.2) is 52.1 Å². The Balaban J connectivity index is 1.37. The summed E-state index contributed by atoms with van der Waals surface area (Å²) in [4.78, 5) is 8.59. The number of benzene rings is 1. The predicted molar refractivity (Wildman–Crippen MR) is 125 cm³/mol. The standard InChI is InChI=1S/C22H27N3O2S3/c1-22(2,3)17-6-8-18(9-7-17)30(26,27)25-12-10-24(11-13-25)15-21-23-19(16-29-21)20-5-4-14-28-20/h4-9,14,16H,10-13,15H2,1-3H3. The Morgan fingerprint density at radius 2 is 1.70 bits per heavy atom. The van der Waals surface area contributed by atoms with Crippen molar-refractivity contribution < 1.29 is 8.42 Å². The van der Waals surface area contributed by atoms with E-state index in [4.69, 9.17) is 4.98 Å². The molecule has 1 aliphatic heterocycles. The van der Waals surface area contributed by atoms with Crippen molar-refractivity contribution in [1.29, 1.82) is 0 Å². The molecule has 0 N–H and O–H groups in total. The number of hydrogen-bond acceptors (Lipinski definition) is 6. The molecule has 30 heavy (non-hydrogen) atoms. The lowest BCUT2D eigenvalue weighted by Crippen LogP contribution is -2.48. The summed E-state index contributed by atoms with van der Waals surface area (Å²) in [6.45, 7) is 9.59. The largest absolute Gasteiger partial charge is 0.294 e. The number of sulfonamides is 1. The number of hydrogen-bond donors (Lipinski definition) is 0. The van der Waals surface area contributed by atoms with Gasteiger partial charge in [-0.15, -0.1) is 22.7 Å². The van der Waals surface area contributed by atoms with Gasteiger partial charge in [0.05, 0.1) is 22.0 Å². The van der Waals surface area contributed by atoms with Crippen LogP contribution in [-0.2, 0) is 22.0 Å². The number of thiophene rings is 1. The first-order chi connectivity index (χ1) is 14.2. The van der Waals surface area contributed by atoms with Gasteiger partial charge in [-0.05, 0) is 34.6 Å². The minimum atomic E-state index is -3.45. The molecule has 1 saturated heterocycles. The maximum atomic E-state index is 13.0. The van der Waals surface area contributed by atoms with Crippen molar-refractivity contribution in [3.8, 4) is 10.6 Å². The first-order valence-electron chi connectivity index (χ1n) is 10.0. The predicted octanol–water partition coefficient (Wildman–Crippen LogP) is 4.68. The fourth-order valence-corrected chi connectivity index (χ4v) is 6.53. The zero-order valence-electron chi connectivity index (χ0n) is 17.5. The topological polar surface area (TPSA) is 53.5 Å². The molecule has 1 aliphatic rings. The van der Waals surface area contributed by atoms with Gasteiger partial charge in [0.1, 0.15) is 5.01 Å². The molecule has 0 atom stereocenters. The molecular weight excluding hydrogens is 434 g/mol. The third kappa shape index (κ3) is 4.68. The fraction of sp³-hybridized carbons (Fsp3) is 0.409. The van der Waals surface area contributed by atoms with Crippen molar-refractivity contribution in [1.82, 2.24) is 14.2 Å². The van der Waals surface area contributed by atoms with Gasteiger partial charge < -0.3 is 0 Å². The Bertz CT molecular complexity index is 1070. The van der Waals surface area contributed by atoms with Crippen LogP contribution in [0.1, 0.15) is 31.3 Å². The van der Waals surface area contributed by atoms with E-state index in [1.54, 1.807) is 39.1 Å². The van der Waals surface area contributed by atoms with Crippen molar-refractivity contribution in [3.05, 3.63) is 57.7 Å². The second kappa shape index (κ2) is 8.51. The first kappa shape index (κ1) is 21.6. The van der Waals surface area contributed by atoms with Crippen molar-refractivity contribution in [3.63, 3.8) is 0 Å². The van der Waals surface area contributed by atoms with E-state index in [0.29, 0.717) is 31.1 Å². The zero-order chi connectivity index (χ0) is 21.4. The molecular formula is C22H27N3O2S3. The van der Waals surface area contributed by atoms with Crippen LogP contribution in [-0.4, -0.2) is 48.8 Å². The van der Waals surface area contributed by atoms with Gasteiger partial charge in [0.2, 0.25) is 10.0 Å². The smallest absolute Gasteiger partial charge is 0.243 e. The average molecular weight is 462 g/mol. The third-order valence-corrected chi connectivity index (χ3v) is 9.01. The summed E-state index contributed by atoms with van der Waals surface area (Å²) in [6.07, 6.45) is 0. The van der Waals surface area contributed by atoms with Gasteiger partial charge >= 0.3 is 0 Å². The molecule has 5 nitrogen and oxygen atoms in total.